The van der Waals surface area contributed by atoms with Gasteiger partial charge >= 0.3 is 12.3 Å². The zero-order valence-electron chi connectivity index (χ0n) is 11.2. The Balaban J connectivity index is 3.29. The van der Waals surface area contributed by atoms with Gasteiger partial charge in [-0.3, -0.25) is 4.79 Å². The molecule has 0 aliphatic carbocycles. The van der Waals surface area contributed by atoms with E-state index in [0.29, 0.717) is 0 Å². The highest BCUT2D eigenvalue weighted by Gasteiger charge is 2.34. The van der Waals surface area contributed by atoms with Crippen LogP contribution in [0.4, 0.5) is 13.2 Å². The molecule has 0 spiro atoms. The van der Waals surface area contributed by atoms with E-state index in [1.54, 1.807) is 13.0 Å². The van der Waals surface area contributed by atoms with Crippen LogP contribution in [-0.4, -0.2) is 18.9 Å². The summed E-state index contributed by atoms with van der Waals surface area (Å²) < 4.78 is 46.1. The number of halogens is 3. The molecule has 0 unspecified atom stereocenters. The number of alkyl halides is 3. The molecule has 0 radical (unpaired) electrons. The molecular weight excluding hydrogens is 289 g/mol. The molecule has 0 heterocycles. The van der Waals surface area contributed by atoms with E-state index in [4.69, 9.17) is 11.0 Å². The fourth-order valence-electron chi connectivity index (χ4n) is 1.73. The van der Waals surface area contributed by atoms with Crippen molar-refractivity contribution in [1.82, 2.24) is 0 Å². The van der Waals surface area contributed by atoms with Crippen LogP contribution in [0, 0.1) is 11.3 Å². The predicted octanol–water partition coefficient (Wildman–Crippen LogP) is 2.02. The van der Waals surface area contributed by atoms with E-state index in [-0.39, 0.29) is 29.8 Å². The van der Waals surface area contributed by atoms with Gasteiger partial charge in [0.15, 0.2) is 0 Å². The van der Waals surface area contributed by atoms with Crippen LogP contribution in [0.3, 0.4) is 0 Å². The third-order valence-electron chi connectivity index (χ3n) is 2.52. The number of esters is 1. The molecule has 21 heavy (non-hydrogen) atoms. The predicted molar refractivity (Wildman–Crippen MR) is 66.1 cm³/mol. The number of rotatable bonds is 5. The Labute approximate surface area is 119 Å². The molecular formula is C13H13F3N2O3. The van der Waals surface area contributed by atoms with Crippen LogP contribution in [0.1, 0.15) is 23.6 Å². The zero-order chi connectivity index (χ0) is 16.0. The molecule has 0 aromatic heterocycles. The Kier molecular flexibility index (Phi) is 5.55. The second-order valence-electron chi connectivity index (χ2n) is 3.93. The summed E-state index contributed by atoms with van der Waals surface area (Å²) in [5.74, 6) is -1.31. The van der Waals surface area contributed by atoms with Crippen molar-refractivity contribution >= 4 is 5.97 Å². The number of carbonyl (C=O) groups excluding carboxylic acids is 1. The van der Waals surface area contributed by atoms with Crippen molar-refractivity contribution in [2.24, 2.45) is 5.73 Å². The van der Waals surface area contributed by atoms with Crippen molar-refractivity contribution < 1.29 is 27.4 Å². The number of nitrogens with zero attached hydrogens (tertiary/aromatic N) is 1. The first kappa shape index (κ1) is 16.8. The van der Waals surface area contributed by atoms with Crippen LogP contribution in [0.5, 0.6) is 5.75 Å². The van der Waals surface area contributed by atoms with Gasteiger partial charge in [0.25, 0.3) is 0 Å². The van der Waals surface area contributed by atoms with Crippen LogP contribution in [-0.2, 0) is 22.5 Å². The number of nitriles is 1. The molecule has 0 aliphatic heterocycles. The highest BCUT2D eigenvalue weighted by Crippen LogP contribution is 2.32. The molecule has 1 rings (SSSR count). The number of benzene rings is 1. The van der Waals surface area contributed by atoms with E-state index in [1.165, 1.54) is 12.1 Å². The summed E-state index contributed by atoms with van der Waals surface area (Å²) in [5, 5.41) is 8.90. The minimum absolute atomic E-state index is 0.0368. The van der Waals surface area contributed by atoms with Gasteiger partial charge in [0.1, 0.15) is 5.75 Å². The lowest BCUT2D eigenvalue weighted by molar-refractivity contribution is -0.275. The Morgan fingerprint density at radius 2 is 2.10 bits per heavy atom. The summed E-state index contributed by atoms with van der Waals surface area (Å²) >= 11 is 0. The second kappa shape index (κ2) is 6.95. The number of hydrogen-bond acceptors (Lipinski definition) is 5. The minimum atomic E-state index is -4.96. The third-order valence-corrected chi connectivity index (χ3v) is 2.52. The first-order valence-electron chi connectivity index (χ1n) is 5.98. The minimum Gasteiger partial charge on any atom is -0.466 e. The Hall–Kier alpha value is -2.27. The molecule has 0 saturated carbocycles. The first-order chi connectivity index (χ1) is 9.82. The van der Waals surface area contributed by atoms with Crippen LogP contribution >= 0.6 is 0 Å². The molecule has 5 nitrogen and oxygen atoms in total. The van der Waals surface area contributed by atoms with Crippen molar-refractivity contribution in [1.29, 1.82) is 5.26 Å². The summed E-state index contributed by atoms with van der Waals surface area (Å²) in [6, 6.07) is 4.24. The van der Waals surface area contributed by atoms with E-state index >= 15 is 0 Å². The maximum Gasteiger partial charge on any atom is 0.573 e. The topological polar surface area (TPSA) is 85.3 Å². The number of ether oxygens (including phenoxy) is 2. The van der Waals surface area contributed by atoms with Gasteiger partial charge in [-0.2, -0.15) is 5.26 Å². The third kappa shape index (κ3) is 4.65. The average Bonchev–Trinajstić information content (AvgIpc) is 2.39. The van der Waals surface area contributed by atoms with Gasteiger partial charge in [0.05, 0.1) is 24.7 Å². The largest absolute Gasteiger partial charge is 0.573 e. The lowest BCUT2D eigenvalue weighted by Gasteiger charge is -2.17. The van der Waals surface area contributed by atoms with E-state index in [0.717, 1.165) is 0 Å². The van der Waals surface area contributed by atoms with Crippen LogP contribution in [0.25, 0.3) is 0 Å². The highest BCUT2D eigenvalue weighted by molar-refractivity contribution is 5.74. The number of nitrogens with two attached hydrogens (primary N) is 1. The molecule has 0 bridgehead atoms. The molecule has 2 N–H and O–H groups in total. The number of carbonyl (C=O) groups is 1. The van der Waals surface area contributed by atoms with Gasteiger partial charge in [0.2, 0.25) is 0 Å². The summed E-state index contributed by atoms with van der Waals surface area (Å²) in [4.78, 5) is 11.4. The molecule has 1 aromatic carbocycles. The van der Waals surface area contributed by atoms with Crippen molar-refractivity contribution in [3.05, 3.63) is 28.8 Å². The van der Waals surface area contributed by atoms with Crippen molar-refractivity contribution in [3.8, 4) is 11.8 Å². The van der Waals surface area contributed by atoms with E-state index < -0.39 is 24.5 Å². The molecule has 114 valence electrons. The zero-order valence-corrected chi connectivity index (χ0v) is 11.2. The summed E-state index contributed by atoms with van der Waals surface area (Å²) in [5.41, 5.74) is 5.21. The maximum absolute atomic E-state index is 12.5. The first-order valence-corrected chi connectivity index (χ1v) is 5.98. The Morgan fingerprint density at radius 1 is 1.43 bits per heavy atom. The quantitative estimate of drug-likeness (QED) is 0.841. The average molecular weight is 302 g/mol. The summed E-state index contributed by atoms with van der Waals surface area (Å²) in [6.45, 7) is 1.36. The lowest BCUT2D eigenvalue weighted by Crippen LogP contribution is -2.21. The van der Waals surface area contributed by atoms with E-state index in [1.807, 2.05) is 0 Å². The molecule has 0 atom stereocenters. The fraction of sp³-hybridized carbons (Fsp3) is 0.385. The van der Waals surface area contributed by atoms with E-state index in [9.17, 15) is 18.0 Å². The van der Waals surface area contributed by atoms with Crippen LogP contribution in [0.2, 0.25) is 0 Å². The van der Waals surface area contributed by atoms with Gasteiger partial charge in [-0.05, 0) is 13.0 Å². The summed E-state index contributed by atoms with van der Waals surface area (Å²) in [6.07, 6.45) is -5.36. The number of hydrogen-bond donors (Lipinski definition) is 1. The molecule has 0 amide bonds. The lowest BCUT2D eigenvalue weighted by atomic mass is 10.0. The molecule has 0 saturated heterocycles. The molecule has 0 fully saturated rings. The van der Waals surface area contributed by atoms with Gasteiger partial charge < -0.3 is 15.2 Å². The monoisotopic (exact) mass is 302 g/mol. The Bertz CT molecular complexity index is 565. The molecule has 0 aliphatic rings. The summed E-state index contributed by atoms with van der Waals surface area (Å²) in [7, 11) is 0. The second-order valence-corrected chi connectivity index (χ2v) is 3.93. The standard InChI is InChI=1S/C13H13F3N2O3/c1-2-20-11(19)5-8-3-4-9(6-17)10(7-18)12(8)21-13(14,15)16/h3-4H,2,5,7,18H2,1H3. The maximum atomic E-state index is 12.5. The van der Waals surface area contributed by atoms with Crippen molar-refractivity contribution in [3.63, 3.8) is 0 Å². The van der Waals surface area contributed by atoms with Crippen molar-refractivity contribution in [2.75, 3.05) is 6.61 Å². The molecule has 8 heteroatoms. The van der Waals surface area contributed by atoms with Gasteiger partial charge in [0, 0.05) is 17.7 Å². The van der Waals surface area contributed by atoms with Gasteiger partial charge in [-0.15, -0.1) is 13.2 Å². The van der Waals surface area contributed by atoms with Gasteiger partial charge in [-0.25, -0.2) is 0 Å². The van der Waals surface area contributed by atoms with Crippen LogP contribution in [0.15, 0.2) is 12.1 Å². The van der Waals surface area contributed by atoms with Crippen LogP contribution < -0.4 is 10.5 Å². The smallest absolute Gasteiger partial charge is 0.466 e. The SMILES string of the molecule is CCOC(=O)Cc1ccc(C#N)c(CN)c1OC(F)(F)F. The van der Waals surface area contributed by atoms with Gasteiger partial charge in [-0.1, -0.05) is 6.07 Å². The Morgan fingerprint density at radius 3 is 2.57 bits per heavy atom. The van der Waals surface area contributed by atoms with Crippen molar-refractivity contribution in [2.45, 2.75) is 26.3 Å². The molecule has 1 aromatic rings. The normalized spacial score (nSPS) is 10.9. The van der Waals surface area contributed by atoms with E-state index in [2.05, 4.69) is 9.47 Å². The fourth-order valence-corrected chi connectivity index (χ4v) is 1.73. The highest BCUT2D eigenvalue weighted by atomic mass is 19.4.